The molecule has 49 heavy (non-hydrogen) atoms. The van der Waals surface area contributed by atoms with Crippen LogP contribution in [0, 0.1) is 0 Å². The van der Waals surface area contributed by atoms with Crippen LogP contribution in [0.2, 0.25) is 0 Å². The van der Waals surface area contributed by atoms with Crippen LogP contribution in [0.25, 0.3) is 0 Å². The zero-order valence-corrected chi connectivity index (χ0v) is 31.6. The summed E-state index contributed by atoms with van der Waals surface area (Å²) in [6, 6.07) is -1.38. The minimum atomic E-state index is -1.44. The molecule has 0 spiro atoms. The number of aliphatic hydroxyl groups excluding tert-OH is 5. The van der Waals surface area contributed by atoms with Crippen molar-refractivity contribution < 1.29 is 30.3 Å². The van der Waals surface area contributed by atoms with Gasteiger partial charge in [-0.15, -0.1) is 0 Å². The maximum atomic E-state index is 12.9. The Morgan fingerprint density at radius 2 is 1.14 bits per heavy atom. The van der Waals surface area contributed by atoms with Crippen molar-refractivity contribution in [3.63, 3.8) is 0 Å². The Kier molecular flexibility index (Phi) is 29.3. The molecule has 0 aromatic carbocycles. The Morgan fingerprint density at radius 1 is 0.694 bits per heavy atom. The second-order valence-electron chi connectivity index (χ2n) is 14.7. The zero-order valence-electron chi connectivity index (χ0n) is 31.6. The van der Waals surface area contributed by atoms with Crippen molar-refractivity contribution in [3.05, 3.63) is 23.8 Å². The third-order valence-electron chi connectivity index (χ3n) is 10.1. The molecule has 7 N–H and O–H groups in total. The van der Waals surface area contributed by atoms with Crippen LogP contribution in [0.4, 0.5) is 0 Å². The Hall–Kier alpha value is -1.29. The van der Waals surface area contributed by atoms with Gasteiger partial charge < -0.3 is 36.2 Å². The number of allylic oxidation sites excluding steroid dienone is 1. The average molecular weight is 695 g/mol. The van der Waals surface area contributed by atoms with Crippen LogP contribution >= 0.6 is 0 Å². The quantitative estimate of drug-likeness (QED) is 0.0278. The molecule has 0 aromatic rings. The van der Waals surface area contributed by atoms with Crippen LogP contribution in [-0.2, 0) is 4.79 Å². The van der Waals surface area contributed by atoms with Crippen molar-refractivity contribution in [2.75, 3.05) is 13.2 Å². The van der Waals surface area contributed by atoms with E-state index in [0.717, 1.165) is 32.1 Å². The summed E-state index contributed by atoms with van der Waals surface area (Å²) < 4.78 is 0. The largest absolute Gasteiger partial charge is 0.392 e. The first-order valence-electron chi connectivity index (χ1n) is 20.6. The van der Waals surface area contributed by atoms with Crippen LogP contribution in [0.5, 0.6) is 0 Å². The second kappa shape index (κ2) is 31.4. The maximum Gasteiger partial charge on any atom is 0.220 e. The number of nitrogens with one attached hydrogen (secondary N) is 2. The fourth-order valence-electron chi connectivity index (χ4n) is 6.77. The van der Waals surface area contributed by atoms with Gasteiger partial charge in [-0.1, -0.05) is 173 Å². The van der Waals surface area contributed by atoms with Crippen LogP contribution in [0.3, 0.4) is 0 Å². The van der Waals surface area contributed by atoms with E-state index < -0.39 is 43.1 Å². The fraction of sp³-hybridized carbons (Fsp3) is 0.878. The number of hydrogen-bond acceptors (Lipinski definition) is 7. The number of carbonyl (C=O) groups is 1. The predicted molar refractivity (Wildman–Crippen MR) is 203 cm³/mol. The highest BCUT2D eigenvalue weighted by atomic mass is 16.4. The summed E-state index contributed by atoms with van der Waals surface area (Å²) in [7, 11) is 0. The van der Waals surface area contributed by atoms with Crippen molar-refractivity contribution in [1.82, 2.24) is 10.6 Å². The second-order valence-corrected chi connectivity index (χ2v) is 14.7. The van der Waals surface area contributed by atoms with Crippen molar-refractivity contribution in [2.45, 2.75) is 217 Å². The van der Waals surface area contributed by atoms with E-state index in [2.05, 4.69) is 24.5 Å². The molecule has 1 aliphatic rings. The van der Waals surface area contributed by atoms with Crippen LogP contribution in [-0.4, -0.2) is 81.1 Å². The molecule has 6 atom stereocenters. The lowest BCUT2D eigenvalue weighted by atomic mass is 9.88. The predicted octanol–water partition coefficient (Wildman–Crippen LogP) is 7.54. The first-order chi connectivity index (χ1) is 23.8. The van der Waals surface area contributed by atoms with Gasteiger partial charge >= 0.3 is 0 Å². The van der Waals surface area contributed by atoms with Gasteiger partial charge in [0.1, 0.15) is 18.3 Å². The van der Waals surface area contributed by atoms with E-state index in [4.69, 9.17) is 0 Å². The fourth-order valence-corrected chi connectivity index (χ4v) is 6.77. The molecule has 1 amide bonds. The number of unbranched alkanes of at least 4 members (excludes halogenated alkanes) is 23. The molecule has 0 heterocycles. The molecule has 0 aromatic heterocycles. The molecule has 0 saturated carbocycles. The van der Waals surface area contributed by atoms with Crippen molar-refractivity contribution >= 4 is 5.91 Å². The number of hydrogen-bond donors (Lipinski definition) is 7. The number of rotatable bonds is 33. The Balaban J connectivity index is 2.45. The molecule has 0 saturated heterocycles. The third-order valence-corrected chi connectivity index (χ3v) is 10.1. The Bertz CT molecular complexity index is 837. The molecule has 1 aliphatic carbocycles. The molecular formula is C41H78N2O6. The van der Waals surface area contributed by atoms with Gasteiger partial charge in [0.15, 0.2) is 0 Å². The standard InChI is InChI=1S/C41H78N2O6/c1-3-5-7-9-11-13-15-17-19-21-23-25-27-29-37(45)36(32-42-35-31-34(33-44)39(47)41(49)40(35)48)43-38(46)30-28-26-24-22-20-18-16-14-12-10-8-6-4-2/h27,29,31,35-37,39-42,44-45,47-49H,3-26,28,30,32-33H2,1-2H3,(H,43,46)/b29-27+/t35-,36+,37?,39?,40+,41?/m1/s1. The summed E-state index contributed by atoms with van der Waals surface area (Å²) in [6.07, 6.45) is 31.8. The highest BCUT2D eigenvalue weighted by Gasteiger charge is 2.37. The number of carbonyl (C=O) groups excluding carboxylic acids is 1. The molecule has 1 rings (SSSR count). The van der Waals surface area contributed by atoms with E-state index >= 15 is 0 Å². The summed E-state index contributed by atoms with van der Waals surface area (Å²) in [6.45, 7) is 4.22. The van der Waals surface area contributed by atoms with Gasteiger partial charge in [0.25, 0.3) is 0 Å². The van der Waals surface area contributed by atoms with E-state index in [1.807, 2.05) is 6.08 Å². The molecular weight excluding hydrogens is 616 g/mol. The van der Waals surface area contributed by atoms with Crippen molar-refractivity contribution in [2.24, 2.45) is 0 Å². The molecule has 0 bridgehead atoms. The van der Waals surface area contributed by atoms with E-state index in [0.29, 0.717) is 6.42 Å². The van der Waals surface area contributed by atoms with Gasteiger partial charge in [-0.2, -0.15) is 0 Å². The summed E-state index contributed by atoms with van der Waals surface area (Å²) >= 11 is 0. The molecule has 0 fully saturated rings. The minimum Gasteiger partial charge on any atom is -0.392 e. The van der Waals surface area contributed by atoms with Gasteiger partial charge in [-0.05, 0) is 24.8 Å². The zero-order chi connectivity index (χ0) is 36.0. The van der Waals surface area contributed by atoms with Gasteiger partial charge in [0, 0.05) is 13.0 Å². The van der Waals surface area contributed by atoms with Crippen LogP contribution in [0.15, 0.2) is 23.8 Å². The Morgan fingerprint density at radius 3 is 1.61 bits per heavy atom. The highest BCUT2D eigenvalue weighted by Crippen LogP contribution is 2.20. The summed E-state index contributed by atoms with van der Waals surface area (Å²) in [5.41, 5.74) is 0.228. The van der Waals surface area contributed by atoms with E-state index in [-0.39, 0.29) is 18.0 Å². The lowest BCUT2D eigenvalue weighted by Crippen LogP contribution is -2.57. The van der Waals surface area contributed by atoms with Crippen molar-refractivity contribution in [3.8, 4) is 0 Å². The van der Waals surface area contributed by atoms with Gasteiger partial charge in [0.2, 0.25) is 5.91 Å². The van der Waals surface area contributed by atoms with Gasteiger partial charge in [-0.25, -0.2) is 0 Å². The van der Waals surface area contributed by atoms with E-state index in [9.17, 15) is 30.3 Å². The molecule has 3 unspecified atom stereocenters. The first kappa shape index (κ1) is 45.7. The normalized spacial score (nSPS) is 20.8. The Labute approximate surface area is 300 Å². The molecule has 0 radical (unpaired) electrons. The maximum absolute atomic E-state index is 12.9. The number of aliphatic hydroxyl groups is 5. The molecule has 8 heteroatoms. The topological polar surface area (TPSA) is 142 Å². The van der Waals surface area contributed by atoms with Gasteiger partial charge in [0.05, 0.1) is 24.8 Å². The summed E-state index contributed by atoms with van der Waals surface area (Å²) in [5, 5.41) is 57.6. The monoisotopic (exact) mass is 695 g/mol. The molecule has 0 aliphatic heterocycles. The van der Waals surface area contributed by atoms with Gasteiger partial charge in [-0.3, -0.25) is 4.79 Å². The summed E-state index contributed by atoms with van der Waals surface area (Å²) in [4.78, 5) is 12.9. The van der Waals surface area contributed by atoms with Crippen molar-refractivity contribution in [1.29, 1.82) is 0 Å². The smallest absolute Gasteiger partial charge is 0.220 e. The third kappa shape index (κ3) is 23.0. The minimum absolute atomic E-state index is 0.112. The molecule has 288 valence electrons. The highest BCUT2D eigenvalue weighted by molar-refractivity contribution is 5.76. The average Bonchev–Trinajstić information content (AvgIpc) is 3.10. The van der Waals surface area contributed by atoms with Crippen LogP contribution in [0.1, 0.15) is 181 Å². The summed E-state index contributed by atoms with van der Waals surface area (Å²) in [5.74, 6) is -0.112. The number of amides is 1. The van der Waals surface area contributed by atoms with E-state index in [1.54, 1.807) is 6.08 Å². The SMILES string of the molecule is CCCCCCCCCCCCC/C=C/C(O)[C@H](CN[C@@H]1C=C(CO)C(O)C(O)[C@H]1O)NC(=O)CCCCCCCCCCCCCCC. The lowest BCUT2D eigenvalue weighted by molar-refractivity contribution is -0.122. The lowest BCUT2D eigenvalue weighted by Gasteiger charge is -2.35. The van der Waals surface area contributed by atoms with Crippen LogP contribution < -0.4 is 10.6 Å². The molecule has 8 nitrogen and oxygen atoms in total. The van der Waals surface area contributed by atoms with E-state index in [1.165, 1.54) is 134 Å². The first-order valence-corrected chi connectivity index (χ1v) is 20.6.